The van der Waals surface area contributed by atoms with Crippen LogP contribution in [0.2, 0.25) is 0 Å². The van der Waals surface area contributed by atoms with Crippen molar-refractivity contribution in [2.45, 2.75) is 0 Å². The van der Waals surface area contributed by atoms with E-state index in [0.717, 1.165) is 55.7 Å². The van der Waals surface area contributed by atoms with Gasteiger partial charge in [0.05, 0.1) is 5.48 Å². The Hall–Kier alpha value is -6.39. The molecule has 0 amide bonds. The fraction of sp³-hybridized carbons (Fsp3) is 0. The Morgan fingerprint density at radius 3 is 1.62 bits per heavy atom. The largest absolute Gasteiger partial charge is 0.456 e. The summed E-state index contributed by atoms with van der Waals surface area (Å²) >= 11 is 0. The van der Waals surface area contributed by atoms with Crippen LogP contribution in [0.4, 0.5) is 0 Å². The highest BCUT2D eigenvalue weighted by atomic mass is 16.5. The van der Waals surface area contributed by atoms with E-state index in [2.05, 4.69) is 36.4 Å². The van der Waals surface area contributed by atoms with Gasteiger partial charge < -0.3 is 4.74 Å². The zero-order valence-electron chi connectivity index (χ0n) is 29.0. The number of hydrogen-bond acceptors (Lipinski definition) is 4. The Labute approximate surface area is 278 Å². The summed E-state index contributed by atoms with van der Waals surface area (Å²) in [5.74, 6) is 2.48. The summed E-state index contributed by atoms with van der Waals surface area (Å²) in [4.78, 5) is 14.3. The van der Waals surface area contributed by atoms with E-state index in [4.69, 9.17) is 25.2 Å². The lowest BCUT2D eigenvalue weighted by Gasteiger charge is -2.22. The molecular weight excluding hydrogens is 574 g/mol. The van der Waals surface area contributed by atoms with Crippen LogP contribution >= 0.6 is 0 Å². The summed E-state index contributed by atoms with van der Waals surface area (Å²) < 4.78 is 42.0. The molecule has 0 N–H and O–H groups in total. The van der Waals surface area contributed by atoms with Crippen LogP contribution in [0.15, 0.2) is 164 Å². The van der Waals surface area contributed by atoms with Gasteiger partial charge in [-0.15, -0.1) is 0 Å². The number of aromatic nitrogens is 3. The van der Waals surface area contributed by atoms with Gasteiger partial charge in [0.15, 0.2) is 17.5 Å². The normalized spacial score (nSPS) is 12.8. The molecule has 1 aliphatic heterocycles. The first-order valence-electron chi connectivity index (χ1n) is 17.4. The Kier molecular flexibility index (Phi) is 5.49. The van der Waals surface area contributed by atoms with Gasteiger partial charge in [-0.3, -0.25) is 0 Å². The third kappa shape index (κ3) is 4.93. The van der Waals surface area contributed by atoms with Crippen LogP contribution in [-0.4, -0.2) is 15.0 Å². The molecule has 0 unspecified atom stereocenters. The van der Waals surface area contributed by atoms with E-state index in [1.807, 2.05) is 91.0 Å². The van der Waals surface area contributed by atoms with Crippen LogP contribution in [0, 0.1) is 0 Å². The van der Waals surface area contributed by atoms with E-state index in [-0.39, 0.29) is 41.1 Å². The first-order valence-corrected chi connectivity index (χ1v) is 15.4. The van der Waals surface area contributed by atoms with Gasteiger partial charge >= 0.3 is 0 Å². The highest BCUT2D eigenvalue weighted by Gasteiger charge is 2.20. The number of rotatable bonds is 5. The van der Waals surface area contributed by atoms with Gasteiger partial charge in [-0.25, -0.2) is 15.0 Å². The van der Waals surface area contributed by atoms with E-state index in [0.29, 0.717) is 17.2 Å². The molecule has 0 spiro atoms. The van der Waals surface area contributed by atoms with E-state index < -0.39 is 0 Å². The van der Waals surface area contributed by atoms with E-state index in [1.54, 1.807) is 12.1 Å². The molecule has 9 rings (SSSR count). The summed E-state index contributed by atoms with van der Waals surface area (Å²) in [5.41, 5.74) is 6.53. The highest BCUT2D eigenvalue weighted by molar-refractivity contribution is 6.04. The van der Waals surface area contributed by atoms with Crippen molar-refractivity contribution in [3.8, 4) is 79.0 Å². The van der Waals surface area contributed by atoms with Crippen LogP contribution in [-0.2, 0) is 0 Å². The number of ether oxygens (including phenoxy) is 1. The van der Waals surface area contributed by atoms with Crippen molar-refractivity contribution in [3.63, 3.8) is 0 Å². The predicted molar refractivity (Wildman–Crippen MR) is 190 cm³/mol. The van der Waals surface area contributed by atoms with Crippen LogP contribution < -0.4 is 4.74 Å². The van der Waals surface area contributed by atoms with Gasteiger partial charge in [0, 0.05) is 27.6 Å². The third-order valence-corrected chi connectivity index (χ3v) is 8.41. The number of hydrogen-bond donors (Lipinski definition) is 0. The number of fused-ring (bicyclic) bond motifs is 2. The van der Waals surface area contributed by atoms with Crippen LogP contribution in [0.1, 0.15) is 5.48 Å². The molecule has 47 heavy (non-hydrogen) atoms. The summed E-state index contributed by atoms with van der Waals surface area (Å²) in [6.45, 7) is 0. The first kappa shape index (κ1) is 23.0. The average Bonchev–Trinajstić information content (AvgIpc) is 3.18. The molecule has 1 aliphatic rings. The molecule has 0 bridgehead atoms. The zero-order chi connectivity index (χ0) is 34.6. The minimum absolute atomic E-state index is 0.0232. The van der Waals surface area contributed by atoms with Gasteiger partial charge in [-0.2, -0.15) is 0 Å². The summed E-state index contributed by atoms with van der Waals surface area (Å²) in [6, 6.07) is 44.3. The minimum Gasteiger partial charge on any atom is -0.456 e. The maximum atomic E-state index is 8.98. The maximum Gasteiger partial charge on any atom is 0.164 e. The minimum atomic E-state index is -0.212. The van der Waals surface area contributed by atoms with E-state index in [1.165, 1.54) is 0 Å². The summed E-state index contributed by atoms with van der Waals surface area (Å²) in [6.07, 6.45) is 0. The van der Waals surface area contributed by atoms with Crippen LogP contribution in [0.25, 0.3) is 78.3 Å². The molecule has 0 radical (unpaired) electrons. The van der Waals surface area contributed by atoms with Gasteiger partial charge in [-0.1, -0.05) is 145 Å². The Bertz CT molecular complexity index is 2610. The van der Waals surface area contributed by atoms with Crippen molar-refractivity contribution in [1.82, 2.24) is 15.0 Å². The molecule has 0 atom stereocenters. The molecule has 7 aromatic carbocycles. The molecule has 8 aromatic rings. The predicted octanol–water partition coefficient (Wildman–Crippen LogP) is 11.1. The average molecular weight is 606 g/mol. The smallest absolute Gasteiger partial charge is 0.164 e. The molecule has 0 saturated carbocycles. The lowest BCUT2D eigenvalue weighted by molar-refractivity contribution is 0.487. The monoisotopic (exact) mass is 605 g/mol. The van der Waals surface area contributed by atoms with Crippen molar-refractivity contribution >= 4 is 10.8 Å². The van der Waals surface area contributed by atoms with E-state index in [9.17, 15) is 0 Å². The zero-order valence-corrected chi connectivity index (χ0v) is 25.0. The Morgan fingerprint density at radius 1 is 0.383 bits per heavy atom. The van der Waals surface area contributed by atoms with Crippen molar-refractivity contribution in [1.29, 1.82) is 0 Å². The number of benzene rings is 7. The van der Waals surface area contributed by atoms with Crippen molar-refractivity contribution in [2.24, 2.45) is 0 Å². The fourth-order valence-electron chi connectivity index (χ4n) is 6.06. The van der Waals surface area contributed by atoms with Crippen molar-refractivity contribution in [3.05, 3.63) is 164 Å². The lowest BCUT2D eigenvalue weighted by atomic mass is 9.92. The second kappa shape index (κ2) is 11.2. The highest BCUT2D eigenvalue weighted by Crippen LogP contribution is 2.47. The van der Waals surface area contributed by atoms with Crippen molar-refractivity contribution < 1.29 is 10.2 Å². The lowest BCUT2D eigenvalue weighted by Crippen LogP contribution is -2.00. The second-order valence-electron chi connectivity index (χ2n) is 11.3. The standard InChI is InChI=1S/C43H27N3O/c1-3-9-28(10-4-1)29-17-21-33(22-18-29)42-44-41(32-11-5-2-6-12-32)45-43(46-42)34-23-19-30(20-24-34)35-25-26-38-37(27-35)36-15-7-13-31-14-8-16-39(47-38)40(31)36/h1-27H/i17D,18D,21D,22D. The molecule has 4 heteroatoms. The van der Waals surface area contributed by atoms with E-state index >= 15 is 0 Å². The summed E-state index contributed by atoms with van der Waals surface area (Å²) in [7, 11) is 0. The first-order chi connectivity index (χ1) is 24.9. The molecular formula is C43H27N3O. The second-order valence-corrected chi connectivity index (χ2v) is 11.3. The van der Waals surface area contributed by atoms with Gasteiger partial charge in [0.1, 0.15) is 11.5 Å². The van der Waals surface area contributed by atoms with Gasteiger partial charge in [0.2, 0.25) is 0 Å². The topological polar surface area (TPSA) is 47.9 Å². The Balaban J connectivity index is 1.14. The molecule has 1 aromatic heterocycles. The number of nitrogens with zero attached hydrogens (tertiary/aromatic N) is 3. The molecule has 220 valence electrons. The van der Waals surface area contributed by atoms with Gasteiger partial charge in [0.25, 0.3) is 0 Å². The fourth-order valence-corrected chi connectivity index (χ4v) is 6.06. The van der Waals surface area contributed by atoms with Crippen LogP contribution in [0.5, 0.6) is 11.5 Å². The molecule has 0 saturated heterocycles. The molecule has 0 aliphatic carbocycles. The SMILES string of the molecule is [2H]c1c([2H])c(-c2nc(-c3ccccc3)nc(-c3ccc(-c4ccc5c(c4)-c4cccc6cccc(c46)O5)cc3)n2)c([2H])c([2H])c1-c1ccccc1. The third-order valence-electron chi connectivity index (χ3n) is 8.41. The molecule has 4 nitrogen and oxygen atoms in total. The molecule has 0 fully saturated rings. The van der Waals surface area contributed by atoms with Gasteiger partial charge in [-0.05, 0) is 51.4 Å². The van der Waals surface area contributed by atoms with Crippen molar-refractivity contribution in [2.75, 3.05) is 0 Å². The summed E-state index contributed by atoms with van der Waals surface area (Å²) in [5, 5.41) is 2.24. The molecule has 2 heterocycles. The van der Waals surface area contributed by atoms with Crippen LogP contribution in [0.3, 0.4) is 0 Å². The quantitative estimate of drug-likeness (QED) is 0.196. The Morgan fingerprint density at radius 2 is 0.915 bits per heavy atom. The maximum absolute atomic E-state index is 8.98.